The first-order valence-corrected chi connectivity index (χ1v) is 8.50. The van der Waals surface area contributed by atoms with Crippen LogP contribution in [0.1, 0.15) is 29.2 Å². The Morgan fingerprint density at radius 2 is 2.08 bits per heavy atom. The van der Waals surface area contributed by atoms with E-state index in [1.807, 2.05) is 61.5 Å². The number of hydrogen-bond acceptors (Lipinski definition) is 3. The van der Waals surface area contributed by atoms with Crippen LogP contribution in [-0.4, -0.2) is 12.1 Å². The Labute approximate surface area is 152 Å². The van der Waals surface area contributed by atoms with Crippen LogP contribution in [0.3, 0.4) is 0 Å². The number of rotatable bonds is 5. The lowest BCUT2D eigenvalue weighted by molar-refractivity contribution is 0.185. The van der Waals surface area contributed by atoms with E-state index >= 15 is 0 Å². The SMILES string of the molecule is CCc1cc2ccc(/C(C#N)=C/c3cccc(COC)c3)cc2[nH]c1=O. The van der Waals surface area contributed by atoms with Gasteiger partial charge in [-0.25, -0.2) is 0 Å². The van der Waals surface area contributed by atoms with Gasteiger partial charge in [0.25, 0.3) is 5.56 Å². The monoisotopic (exact) mass is 344 g/mol. The van der Waals surface area contributed by atoms with E-state index in [2.05, 4.69) is 11.1 Å². The quantitative estimate of drug-likeness (QED) is 0.554. The van der Waals surface area contributed by atoms with Gasteiger partial charge in [0.05, 0.1) is 18.2 Å². The molecule has 0 spiro atoms. The summed E-state index contributed by atoms with van der Waals surface area (Å²) in [4.78, 5) is 15.0. The largest absolute Gasteiger partial charge is 0.380 e. The summed E-state index contributed by atoms with van der Waals surface area (Å²) in [6.07, 6.45) is 2.53. The van der Waals surface area contributed by atoms with Crippen LogP contribution in [0, 0.1) is 11.3 Å². The molecule has 0 atom stereocenters. The van der Waals surface area contributed by atoms with E-state index in [1.54, 1.807) is 7.11 Å². The number of nitrogens with zero attached hydrogens (tertiary/aromatic N) is 1. The average molecular weight is 344 g/mol. The van der Waals surface area contributed by atoms with Gasteiger partial charge in [-0.15, -0.1) is 0 Å². The van der Waals surface area contributed by atoms with Crippen LogP contribution >= 0.6 is 0 Å². The summed E-state index contributed by atoms with van der Waals surface area (Å²) in [5, 5.41) is 10.6. The minimum atomic E-state index is -0.0769. The molecular formula is C22H20N2O2. The Morgan fingerprint density at radius 3 is 2.81 bits per heavy atom. The zero-order valence-electron chi connectivity index (χ0n) is 14.9. The fourth-order valence-electron chi connectivity index (χ4n) is 2.96. The van der Waals surface area contributed by atoms with Gasteiger partial charge in [0.1, 0.15) is 0 Å². The number of aryl methyl sites for hydroxylation is 1. The molecular weight excluding hydrogens is 324 g/mol. The van der Waals surface area contributed by atoms with E-state index in [4.69, 9.17) is 4.74 Å². The van der Waals surface area contributed by atoms with Crippen molar-refractivity contribution in [2.45, 2.75) is 20.0 Å². The first kappa shape index (κ1) is 17.7. The van der Waals surface area contributed by atoms with Gasteiger partial charge in [-0.2, -0.15) is 5.26 Å². The average Bonchev–Trinajstić information content (AvgIpc) is 2.65. The van der Waals surface area contributed by atoms with E-state index in [-0.39, 0.29) is 5.56 Å². The maximum Gasteiger partial charge on any atom is 0.251 e. The summed E-state index contributed by atoms with van der Waals surface area (Å²) in [6.45, 7) is 2.49. The van der Waals surface area contributed by atoms with E-state index in [0.717, 1.165) is 33.2 Å². The van der Waals surface area contributed by atoms with Crippen molar-refractivity contribution in [3.8, 4) is 6.07 Å². The molecule has 26 heavy (non-hydrogen) atoms. The van der Waals surface area contributed by atoms with Gasteiger partial charge in [0, 0.05) is 18.2 Å². The normalized spacial score (nSPS) is 11.5. The number of allylic oxidation sites excluding steroid dienone is 1. The Balaban J connectivity index is 2.04. The van der Waals surface area contributed by atoms with Crippen LogP contribution in [-0.2, 0) is 17.8 Å². The lowest BCUT2D eigenvalue weighted by Crippen LogP contribution is -2.11. The van der Waals surface area contributed by atoms with Crippen molar-refractivity contribution in [3.05, 3.63) is 81.1 Å². The third-order valence-corrected chi connectivity index (χ3v) is 4.31. The molecule has 0 aliphatic carbocycles. The molecule has 0 saturated heterocycles. The smallest absolute Gasteiger partial charge is 0.251 e. The molecule has 130 valence electrons. The van der Waals surface area contributed by atoms with Crippen molar-refractivity contribution in [1.82, 2.24) is 4.98 Å². The Morgan fingerprint density at radius 1 is 1.23 bits per heavy atom. The van der Waals surface area contributed by atoms with Gasteiger partial charge < -0.3 is 9.72 Å². The maximum absolute atomic E-state index is 12.1. The first-order valence-electron chi connectivity index (χ1n) is 8.50. The second-order valence-electron chi connectivity index (χ2n) is 6.13. The third-order valence-electron chi connectivity index (χ3n) is 4.31. The molecule has 3 aromatic rings. The topological polar surface area (TPSA) is 65.9 Å². The fraction of sp³-hybridized carbons (Fsp3) is 0.182. The number of hydrogen-bond donors (Lipinski definition) is 1. The third kappa shape index (κ3) is 3.74. The lowest BCUT2D eigenvalue weighted by Gasteiger charge is -2.06. The van der Waals surface area contributed by atoms with Gasteiger partial charge >= 0.3 is 0 Å². The predicted molar refractivity (Wildman–Crippen MR) is 105 cm³/mol. The molecule has 3 rings (SSSR count). The number of pyridine rings is 1. The van der Waals surface area contributed by atoms with Gasteiger partial charge in [-0.05, 0) is 52.8 Å². The van der Waals surface area contributed by atoms with Gasteiger partial charge in [-0.1, -0.05) is 37.3 Å². The molecule has 0 aliphatic rings. The highest BCUT2D eigenvalue weighted by molar-refractivity contribution is 5.93. The number of nitriles is 1. The molecule has 1 aromatic heterocycles. The maximum atomic E-state index is 12.1. The predicted octanol–water partition coefficient (Wildman–Crippen LogP) is 4.30. The summed E-state index contributed by atoms with van der Waals surface area (Å²) in [5.74, 6) is 0. The number of H-pyrrole nitrogens is 1. The number of aromatic amines is 1. The zero-order chi connectivity index (χ0) is 18.5. The minimum absolute atomic E-state index is 0.0769. The summed E-state index contributed by atoms with van der Waals surface area (Å²) < 4.78 is 5.16. The van der Waals surface area contributed by atoms with Crippen LogP contribution in [0.5, 0.6) is 0 Å². The number of aromatic nitrogens is 1. The highest BCUT2D eigenvalue weighted by atomic mass is 16.5. The van der Waals surface area contributed by atoms with Crippen molar-refractivity contribution >= 4 is 22.6 Å². The summed E-state index contributed by atoms with van der Waals surface area (Å²) in [6, 6.07) is 17.7. The number of benzene rings is 2. The number of methoxy groups -OCH3 is 1. The highest BCUT2D eigenvalue weighted by Crippen LogP contribution is 2.22. The molecule has 0 fully saturated rings. The number of ether oxygens (including phenoxy) is 1. The second kappa shape index (κ2) is 7.81. The van der Waals surface area contributed by atoms with E-state index in [1.165, 1.54) is 0 Å². The Hall–Kier alpha value is -3.16. The number of nitrogens with one attached hydrogen (secondary N) is 1. The summed E-state index contributed by atoms with van der Waals surface area (Å²) >= 11 is 0. The molecule has 0 amide bonds. The molecule has 2 aromatic carbocycles. The summed E-state index contributed by atoms with van der Waals surface area (Å²) in [5.41, 5.74) is 4.72. The van der Waals surface area contributed by atoms with E-state index < -0.39 is 0 Å². The van der Waals surface area contributed by atoms with Crippen LogP contribution in [0.15, 0.2) is 53.3 Å². The van der Waals surface area contributed by atoms with Crippen LogP contribution in [0.25, 0.3) is 22.6 Å². The van der Waals surface area contributed by atoms with Gasteiger partial charge in [0.15, 0.2) is 0 Å². The molecule has 0 radical (unpaired) electrons. The fourth-order valence-corrected chi connectivity index (χ4v) is 2.96. The van der Waals surface area contributed by atoms with Gasteiger partial charge in [0.2, 0.25) is 0 Å². The van der Waals surface area contributed by atoms with Crippen molar-refractivity contribution < 1.29 is 4.74 Å². The van der Waals surface area contributed by atoms with E-state index in [0.29, 0.717) is 18.6 Å². The zero-order valence-corrected chi connectivity index (χ0v) is 14.9. The summed E-state index contributed by atoms with van der Waals surface area (Å²) in [7, 11) is 1.66. The molecule has 0 saturated carbocycles. The highest BCUT2D eigenvalue weighted by Gasteiger charge is 2.06. The standard InChI is InChI=1S/C22H20N2O2/c1-3-17-11-19-8-7-18(12-21(19)24-22(17)25)20(13-23)10-15-5-4-6-16(9-15)14-26-2/h4-12H,3,14H2,1-2H3,(H,24,25)/b20-10+. The van der Waals surface area contributed by atoms with Gasteiger partial charge in [-0.3, -0.25) is 4.79 Å². The molecule has 4 nitrogen and oxygen atoms in total. The molecule has 0 aliphatic heterocycles. The van der Waals surface area contributed by atoms with Crippen molar-refractivity contribution in [2.24, 2.45) is 0 Å². The first-order chi connectivity index (χ1) is 12.6. The van der Waals surface area contributed by atoms with Crippen molar-refractivity contribution in [2.75, 3.05) is 7.11 Å². The van der Waals surface area contributed by atoms with Crippen LogP contribution in [0.4, 0.5) is 0 Å². The lowest BCUT2D eigenvalue weighted by atomic mass is 10.0. The minimum Gasteiger partial charge on any atom is -0.380 e. The Bertz CT molecular complexity index is 1070. The second-order valence-corrected chi connectivity index (χ2v) is 6.13. The van der Waals surface area contributed by atoms with E-state index in [9.17, 15) is 10.1 Å². The molecule has 4 heteroatoms. The molecule has 0 unspecified atom stereocenters. The van der Waals surface area contributed by atoms with Crippen molar-refractivity contribution in [1.29, 1.82) is 5.26 Å². The molecule has 0 bridgehead atoms. The van der Waals surface area contributed by atoms with Crippen LogP contribution in [0.2, 0.25) is 0 Å². The Kier molecular flexibility index (Phi) is 5.31. The molecule has 1 N–H and O–H groups in total. The molecule has 1 heterocycles. The number of fused-ring (bicyclic) bond motifs is 1. The van der Waals surface area contributed by atoms with Crippen LogP contribution < -0.4 is 5.56 Å². The van der Waals surface area contributed by atoms with Crippen molar-refractivity contribution in [3.63, 3.8) is 0 Å².